The number of hydrogen-bond acceptors (Lipinski definition) is 4. The number of carboxylic acids is 1. The lowest BCUT2D eigenvalue weighted by molar-refractivity contribution is 0.0696. The Labute approximate surface area is 189 Å². The van der Waals surface area contributed by atoms with E-state index in [-0.39, 0.29) is 29.5 Å². The molecular formula is C25H21FN4O3. The summed E-state index contributed by atoms with van der Waals surface area (Å²) in [5.74, 6) is -1.57. The number of halogens is 1. The normalized spacial score (nSPS) is 10.7. The Hall–Kier alpha value is -4.33. The van der Waals surface area contributed by atoms with Gasteiger partial charge in [-0.25, -0.2) is 9.18 Å². The predicted molar refractivity (Wildman–Crippen MR) is 120 cm³/mol. The number of carbonyl (C=O) groups is 2. The lowest BCUT2D eigenvalue weighted by Gasteiger charge is -2.06. The fourth-order valence-electron chi connectivity index (χ4n) is 3.36. The number of aryl methyl sites for hydroxylation is 1. The summed E-state index contributed by atoms with van der Waals surface area (Å²) in [4.78, 5) is 27.7. The van der Waals surface area contributed by atoms with Crippen LogP contribution in [0.2, 0.25) is 0 Å². The zero-order valence-corrected chi connectivity index (χ0v) is 17.8. The van der Waals surface area contributed by atoms with Gasteiger partial charge in [0.05, 0.1) is 18.3 Å². The standard InChI is InChI=1S/C25H21FN4O3/c1-16-10-18(4-7-22(16)26)14-30-15-21(13-29-30)20-8-9-27-23(11-20)24(31)28-12-17-2-5-19(6-3-17)25(32)33/h2-11,13,15H,12,14H2,1H3,(H,28,31)(H,32,33). The summed E-state index contributed by atoms with van der Waals surface area (Å²) in [6, 6.07) is 14.8. The third-order valence-corrected chi connectivity index (χ3v) is 5.18. The van der Waals surface area contributed by atoms with Crippen LogP contribution in [-0.4, -0.2) is 31.7 Å². The molecule has 0 spiro atoms. The largest absolute Gasteiger partial charge is 0.478 e. The van der Waals surface area contributed by atoms with E-state index in [1.807, 2.05) is 6.20 Å². The van der Waals surface area contributed by atoms with Gasteiger partial charge >= 0.3 is 5.97 Å². The van der Waals surface area contributed by atoms with Crippen LogP contribution >= 0.6 is 0 Å². The Bertz CT molecular complexity index is 1320. The van der Waals surface area contributed by atoms with E-state index in [1.54, 1.807) is 60.4 Å². The van der Waals surface area contributed by atoms with Crippen LogP contribution < -0.4 is 5.32 Å². The maximum atomic E-state index is 13.5. The first-order chi connectivity index (χ1) is 15.9. The lowest BCUT2D eigenvalue weighted by atomic mass is 10.1. The van der Waals surface area contributed by atoms with E-state index < -0.39 is 5.97 Å². The van der Waals surface area contributed by atoms with Crippen molar-refractivity contribution in [3.8, 4) is 11.1 Å². The Kier molecular flexibility index (Phi) is 6.26. The third-order valence-electron chi connectivity index (χ3n) is 5.18. The molecule has 0 radical (unpaired) electrons. The molecule has 0 fully saturated rings. The highest BCUT2D eigenvalue weighted by Gasteiger charge is 2.11. The molecule has 2 heterocycles. The first-order valence-electron chi connectivity index (χ1n) is 10.2. The van der Waals surface area contributed by atoms with E-state index in [4.69, 9.17) is 5.11 Å². The fraction of sp³-hybridized carbons (Fsp3) is 0.120. The van der Waals surface area contributed by atoms with Gasteiger partial charge in [-0.05, 0) is 59.5 Å². The summed E-state index contributed by atoms with van der Waals surface area (Å²) in [7, 11) is 0. The number of aromatic nitrogens is 3. The smallest absolute Gasteiger partial charge is 0.335 e. The second-order valence-corrected chi connectivity index (χ2v) is 7.62. The number of amides is 1. The number of carboxylic acid groups (broad SMARTS) is 1. The molecule has 1 amide bonds. The Morgan fingerprint density at radius 3 is 2.52 bits per heavy atom. The Morgan fingerprint density at radius 2 is 1.79 bits per heavy atom. The van der Waals surface area contributed by atoms with Crippen molar-refractivity contribution in [2.45, 2.75) is 20.0 Å². The summed E-state index contributed by atoms with van der Waals surface area (Å²) in [5, 5.41) is 16.1. The van der Waals surface area contributed by atoms with E-state index >= 15 is 0 Å². The lowest BCUT2D eigenvalue weighted by Crippen LogP contribution is -2.23. The van der Waals surface area contributed by atoms with E-state index in [9.17, 15) is 14.0 Å². The highest BCUT2D eigenvalue weighted by atomic mass is 19.1. The average molecular weight is 444 g/mol. The summed E-state index contributed by atoms with van der Waals surface area (Å²) in [6.07, 6.45) is 5.13. The minimum Gasteiger partial charge on any atom is -0.478 e. The van der Waals surface area contributed by atoms with Crippen LogP contribution in [0, 0.1) is 12.7 Å². The van der Waals surface area contributed by atoms with Crippen molar-refractivity contribution in [1.82, 2.24) is 20.1 Å². The topological polar surface area (TPSA) is 97.1 Å². The van der Waals surface area contributed by atoms with Crippen molar-refractivity contribution in [3.05, 3.63) is 107 Å². The van der Waals surface area contributed by atoms with Crippen molar-refractivity contribution in [1.29, 1.82) is 0 Å². The molecule has 0 saturated heterocycles. The number of carbonyl (C=O) groups excluding carboxylic acids is 1. The predicted octanol–water partition coefficient (Wildman–Crippen LogP) is 4.07. The van der Waals surface area contributed by atoms with Gasteiger partial charge in [-0.2, -0.15) is 5.10 Å². The zero-order chi connectivity index (χ0) is 23.4. The SMILES string of the molecule is Cc1cc(Cn2cc(-c3ccnc(C(=O)NCc4ccc(C(=O)O)cc4)c3)cn2)ccc1F. The molecule has 4 aromatic rings. The molecule has 0 bridgehead atoms. The number of nitrogens with zero attached hydrogens (tertiary/aromatic N) is 3. The van der Waals surface area contributed by atoms with Gasteiger partial charge in [0.15, 0.2) is 0 Å². The average Bonchev–Trinajstić information content (AvgIpc) is 3.29. The second-order valence-electron chi connectivity index (χ2n) is 7.62. The number of rotatable bonds is 7. The molecule has 0 aliphatic carbocycles. The van der Waals surface area contributed by atoms with Crippen LogP contribution in [0.25, 0.3) is 11.1 Å². The maximum absolute atomic E-state index is 13.5. The molecule has 2 aromatic heterocycles. The summed E-state index contributed by atoms with van der Waals surface area (Å²) >= 11 is 0. The molecular weight excluding hydrogens is 423 g/mol. The van der Waals surface area contributed by atoms with Crippen molar-refractivity contribution in [3.63, 3.8) is 0 Å². The minimum atomic E-state index is -0.997. The number of pyridine rings is 1. The number of hydrogen-bond donors (Lipinski definition) is 2. The first-order valence-corrected chi connectivity index (χ1v) is 10.2. The molecule has 166 valence electrons. The molecule has 0 atom stereocenters. The van der Waals surface area contributed by atoms with E-state index in [0.29, 0.717) is 12.1 Å². The van der Waals surface area contributed by atoms with Gasteiger partial charge in [0.25, 0.3) is 5.91 Å². The Balaban J connectivity index is 1.42. The quantitative estimate of drug-likeness (QED) is 0.448. The van der Waals surface area contributed by atoms with Crippen molar-refractivity contribution < 1.29 is 19.1 Å². The van der Waals surface area contributed by atoms with E-state index in [1.165, 1.54) is 18.2 Å². The number of aromatic carboxylic acids is 1. The monoisotopic (exact) mass is 444 g/mol. The molecule has 33 heavy (non-hydrogen) atoms. The van der Waals surface area contributed by atoms with Crippen LogP contribution in [0.4, 0.5) is 4.39 Å². The van der Waals surface area contributed by atoms with Gasteiger partial charge in [-0.3, -0.25) is 14.5 Å². The minimum absolute atomic E-state index is 0.189. The first kappa shape index (κ1) is 21.9. The number of nitrogens with one attached hydrogen (secondary N) is 1. The van der Waals surface area contributed by atoms with Crippen LogP contribution in [0.5, 0.6) is 0 Å². The van der Waals surface area contributed by atoms with Gasteiger partial charge in [-0.15, -0.1) is 0 Å². The highest BCUT2D eigenvalue weighted by Crippen LogP contribution is 2.20. The Morgan fingerprint density at radius 1 is 1.03 bits per heavy atom. The van der Waals surface area contributed by atoms with E-state index in [0.717, 1.165) is 22.3 Å². The third kappa shape index (κ3) is 5.30. The summed E-state index contributed by atoms with van der Waals surface area (Å²) < 4.78 is 15.2. The van der Waals surface area contributed by atoms with Crippen molar-refractivity contribution >= 4 is 11.9 Å². The van der Waals surface area contributed by atoms with Crippen molar-refractivity contribution in [2.75, 3.05) is 0 Å². The second kappa shape index (κ2) is 9.44. The molecule has 2 N–H and O–H groups in total. The van der Waals surface area contributed by atoms with Gasteiger partial charge < -0.3 is 10.4 Å². The molecule has 0 saturated carbocycles. The molecule has 0 aliphatic heterocycles. The van der Waals surface area contributed by atoms with Gasteiger partial charge in [0.1, 0.15) is 11.5 Å². The number of benzene rings is 2. The van der Waals surface area contributed by atoms with Crippen LogP contribution in [0.3, 0.4) is 0 Å². The van der Waals surface area contributed by atoms with Gasteiger partial charge in [-0.1, -0.05) is 24.3 Å². The molecule has 7 nitrogen and oxygen atoms in total. The molecule has 8 heteroatoms. The van der Waals surface area contributed by atoms with Gasteiger partial charge in [0.2, 0.25) is 0 Å². The summed E-state index contributed by atoms with van der Waals surface area (Å²) in [6.45, 7) is 2.47. The van der Waals surface area contributed by atoms with Crippen LogP contribution in [0.1, 0.15) is 37.5 Å². The van der Waals surface area contributed by atoms with E-state index in [2.05, 4.69) is 15.4 Å². The molecule has 2 aromatic carbocycles. The maximum Gasteiger partial charge on any atom is 0.335 e. The highest BCUT2D eigenvalue weighted by molar-refractivity contribution is 5.93. The van der Waals surface area contributed by atoms with Crippen LogP contribution in [-0.2, 0) is 13.1 Å². The van der Waals surface area contributed by atoms with Crippen LogP contribution in [0.15, 0.2) is 73.2 Å². The zero-order valence-electron chi connectivity index (χ0n) is 17.8. The molecule has 4 rings (SSSR count). The van der Waals surface area contributed by atoms with Crippen molar-refractivity contribution in [2.24, 2.45) is 0 Å². The fourth-order valence-corrected chi connectivity index (χ4v) is 3.36. The summed E-state index contributed by atoms with van der Waals surface area (Å²) in [5.41, 5.74) is 4.38. The molecule has 0 unspecified atom stereocenters. The van der Waals surface area contributed by atoms with Gasteiger partial charge in [0, 0.05) is 24.5 Å². The molecule has 0 aliphatic rings.